The van der Waals surface area contributed by atoms with Crippen molar-refractivity contribution < 1.29 is 9.59 Å². The number of carbonyl (C=O) groups excluding carboxylic acids is 2. The van der Waals surface area contributed by atoms with E-state index in [4.69, 9.17) is 0 Å². The molecule has 1 aromatic carbocycles. The van der Waals surface area contributed by atoms with Crippen LogP contribution in [0.15, 0.2) is 47.5 Å². The highest BCUT2D eigenvalue weighted by atomic mass is 16.2. The van der Waals surface area contributed by atoms with Gasteiger partial charge >= 0.3 is 0 Å². The minimum atomic E-state index is -0.476. The largest absolute Gasteiger partial charge is 0.349 e. The molecule has 2 amide bonds. The maximum Gasteiger partial charge on any atom is 0.259 e. The first-order valence-corrected chi connectivity index (χ1v) is 10.4. The van der Waals surface area contributed by atoms with Crippen LogP contribution in [-0.2, 0) is 6.54 Å². The van der Waals surface area contributed by atoms with E-state index in [9.17, 15) is 14.4 Å². The van der Waals surface area contributed by atoms with E-state index in [1.54, 1.807) is 17.3 Å². The van der Waals surface area contributed by atoms with Crippen LogP contribution in [0.3, 0.4) is 0 Å². The summed E-state index contributed by atoms with van der Waals surface area (Å²) in [6.45, 7) is 3.78. The number of pyridine rings is 1. The van der Waals surface area contributed by atoms with Gasteiger partial charge in [0.2, 0.25) is 5.43 Å². The van der Waals surface area contributed by atoms with Crippen LogP contribution >= 0.6 is 0 Å². The van der Waals surface area contributed by atoms with Crippen molar-refractivity contribution >= 4 is 11.8 Å². The fraction of sp³-hybridized carbons (Fsp3) is 0.435. The van der Waals surface area contributed by atoms with Crippen molar-refractivity contribution in [1.29, 1.82) is 0 Å². The molecule has 1 saturated heterocycles. The Hall–Kier alpha value is -2.89. The zero-order chi connectivity index (χ0) is 20.4. The molecule has 6 heteroatoms. The highest BCUT2D eigenvalue weighted by Crippen LogP contribution is 2.34. The molecular formula is C23H27N3O3. The summed E-state index contributed by atoms with van der Waals surface area (Å²) in [6, 6.07) is 9.82. The number of hydrogen-bond donors (Lipinski definition) is 1. The molecule has 1 aliphatic heterocycles. The highest BCUT2D eigenvalue weighted by molar-refractivity contribution is 5.99. The fourth-order valence-electron chi connectivity index (χ4n) is 3.91. The summed E-state index contributed by atoms with van der Waals surface area (Å²) in [5, 5.41) is 2.82. The number of aromatic nitrogens is 1. The Bertz CT molecular complexity index is 963. The van der Waals surface area contributed by atoms with E-state index in [0.29, 0.717) is 25.6 Å². The quantitative estimate of drug-likeness (QED) is 0.849. The van der Waals surface area contributed by atoms with Crippen LogP contribution in [0.2, 0.25) is 0 Å². The Morgan fingerprint density at radius 2 is 1.79 bits per heavy atom. The minimum absolute atomic E-state index is 0.0451. The highest BCUT2D eigenvalue weighted by Gasteiger charge is 2.29. The van der Waals surface area contributed by atoms with Crippen molar-refractivity contribution in [3.05, 3.63) is 69.6 Å². The third kappa shape index (κ3) is 4.42. The number of amides is 2. The van der Waals surface area contributed by atoms with Gasteiger partial charge in [-0.2, -0.15) is 0 Å². The Morgan fingerprint density at radius 1 is 1.07 bits per heavy atom. The van der Waals surface area contributed by atoms with Gasteiger partial charge < -0.3 is 14.8 Å². The molecule has 0 bridgehead atoms. The Balaban J connectivity index is 1.60. The molecule has 1 aromatic heterocycles. The van der Waals surface area contributed by atoms with Crippen molar-refractivity contribution in [1.82, 2.24) is 14.8 Å². The first-order valence-electron chi connectivity index (χ1n) is 10.4. The molecule has 1 unspecified atom stereocenters. The van der Waals surface area contributed by atoms with Gasteiger partial charge in [-0.15, -0.1) is 0 Å². The van der Waals surface area contributed by atoms with Crippen LogP contribution in [0.1, 0.15) is 64.9 Å². The molecule has 152 valence electrons. The lowest BCUT2D eigenvalue weighted by molar-refractivity contribution is 0.0680. The van der Waals surface area contributed by atoms with Gasteiger partial charge in [-0.3, -0.25) is 14.4 Å². The zero-order valence-corrected chi connectivity index (χ0v) is 16.8. The number of rotatable bonds is 5. The van der Waals surface area contributed by atoms with Gasteiger partial charge in [-0.25, -0.2) is 0 Å². The number of likely N-dealkylation sites (tertiary alicyclic amines) is 1. The van der Waals surface area contributed by atoms with E-state index in [1.165, 1.54) is 0 Å². The van der Waals surface area contributed by atoms with E-state index in [2.05, 4.69) is 12.2 Å². The maximum atomic E-state index is 13.1. The normalized spacial score (nSPS) is 19.1. The summed E-state index contributed by atoms with van der Waals surface area (Å²) in [5.41, 5.74) is 0.635. The second kappa shape index (κ2) is 8.23. The van der Waals surface area contributed by atoms with Gasteiger partial charge in [0.05, 0.1) is 0 Å². The molecule has 2 fully saturated rings. The van der Waals surface area contributed by atoms with Gasteiger partial charge in [0.25, 0.3) is 11.8 Å². The van der Waals surface area contributed by atoms with Gasteiger partial charge in [0.1, 0.15) is 11.1 Å². The average molecular weight is 393 g/mol. The lowest BCUT2D eigenvalue weighted by Crippen LogP contribution is -2.42. The molecule has 2 aliphatic rings. The summed E-state index contributed by atoms with van der Waals surface area (Å²) in [7, 11) is 0. The second-order valence-electron chi connectivity index (χ2n) is 8.26. The van der Waals surface area contributed by atoms with Crippen molar-refractivity contribution in [3.63, 3.8) is 0 Å². The summed E-state index contributed by atoms with van der Waals surface area (Å²) in [4.78, 5) is 40.7. The summed E-state index contributed by atoms with van der Waals surface area (Å²) in [5.74, 6) is -0.265. The van der Waals surface area contributed by atoms with Gasteiger partial charge in [-0.1, -0.05) is 37.3 Å². The molecule has 0 spiro atoms. The number of hydrogen-bond acceptors (Lipinski definition) is 3. The SMILES string of the molecule is CC1CCCN(C(=O)c2cn(C3CC3)cc(C(=O)NCc3ccccc3)c2=O)C1. The molecule has 29 heavy (non-hydrogen) atoms. The zero-order valence-electron chi connectivity index (χ0n) is 16.8. The third-order valence-corrected chi connectivity index (χ3v) is 5.73. The molecule has 2 heterocycles. The molecule has 4 rings (SSSR count). The Kier molecular flexibility index (Phi) is 5.51. The molecule has 2 aromatic rings. The van der Waals surface area contributed by atoms with Crippen LogP contribution in [-0.4, -0.2) is 34.4 Å². The number of benzene rings is 1. The molecule has 6 nitrogen and oxygen atoms in total. The molecular weight excluding hydrogens is 366 g/mol. The van der Waals surface area contributed by atoms with E-state index in [1.807, 2.05) is 34.9 Å². The lowest BCUT2D eigenvalue weighted by atomic mass is 9.99. The predicted octanol–water partition coefficient (Wildman–Crippen LogP) is 2.99. The number of nitrogens with one attached hydrogen (secondary N) is 1. The molecule has 0 radical (unpaired) electrons. The summed E-state index contributed by atoms with van der Waals surface area (Å²) >= 11 is 0. The Labute approximate surface area is 170 Å². The predicted molar refractivity (Wildman–Crippen MR) is 111 cm³/mol. The third-order valence-electron chi connectivity index (χ3n) is 5.73. The van der Waals surface area contributed by atoms with Crippen LogP contribution in [0.4, 0.5) is 0 Å². The fourth-order valence-corrected chi connectivity index (χ4v) is 3.91. The first kappa shape index (κ1) is 19.4. The molecule has 1 N–H and O–H groups in total. The van der Waals surface area contributed by atoms with Gasteiger partial charge in [-0.05, 0) is 37.2 Å². The number of piperidine rings is 1. The van der Waals surface area contributed by atoms with Crippen molar-refractivity contribution in [2.45, 2.75) is 45.2 Å². The topological polar surface area (TPSA) is 71.4 Å². The molecule has 1 atom stereocenters. The summed E-state index contributed by atoms with van der Waals surface area (Å²) < 4.78 is 1.87. The minimum Gasteiger partial charge on any atom is -0.349 e. The molecule has 1 saturated carbocycles. The average Bonchev–Trinajstić information content (AvgIpc) is 3.58. The van der Waals surface area contributed by atoms with E-state index in [0.717, 1.165) is 31.2 Å². The monoisotopic (exact) mass is 393 g/mol. The van der Waals surface area contributed by atoms with Crippen molar-refractivity contribution in [2.75, 3.05) is 13.1 Å². The van der Waals surface area contributed by atoms with Crippen LogP contribution in [0.25, 0.3) is 0 Å². The van der Waals surface area contributed by atoms with Gasteiger partial charge in [0.15, 0.2) is 0 Å². The first-order chi connectivity index (χ1) is 14.0. The Morgan fingerprint density at radius 3 is 2.48 bits per heavy atom. The number of carbonyl (C=O) groups is 2. The van der Waals surface area contributed by atoms with E-state index >= 15 is 0 Å². The van der Waals surface area contributed by atoms with Crippen LogP contribution in [0, 0.1) is 5.92 Å². The van der Waals surface area contributed by atoms with Crippen molar-refractivity contribution in [3.8, 4) is 0 Å². The maximum absolute atomic E-state index is 13.1. The van der Waals surface area contributed by atoms with Gasteiger partial charge in [0, 0.05) is 38.1 Å². The van der Waals surface area contributed by atoms with Crippen LogP contribution < -0.4 is 10.7 Å². The van der Waals surface area contributed by atoms with Crippen molar-refractivity contribution in [2.24, 2.45) is 5.92 Å². The van der Waals surface area contributed by atoms with E-state index < -0.39 is 11.3 Å². The van der Waals surface area contributed by atoms with E-state index in [-0.39, 0.29) is 23.1 Å². The second-order valence-corrected chi connectivity index (χ2v) is 8.26. The number of nitrogens with zero attached hydrogens (tertiary/aromatic N) is 2. The lowest BCUT2D eigenvalue weighted by Gasteiger charge is -2.31. The van der Waals surface area contributed by atoms with Crippen LogP contribution in [0.5, 0.6) is 0 Å². The summed E-state index contributed by atoms with van der Waals surface area (Å²) in [6.07, 6.45) is 7.30. The molecule has 1 aliphatic carbocycles. The smallest absolute Gasteiger partial charge is 0.259 e. The standard InChI is InChI=1S/C23H27N3O3/c1-16-6-5-11-25(13-16)23(29)20-15-26(18-9-10-18)14-19(21(20)27)22(28)24-12-17-7-3-2-4-8-17/h2-4,7-8,14-16,18H,5-6,9-13H2,1H3,(H,24,28).